The molecule has 0 unspecified atom stereocenters. The van der Waals surface area contributed by atoms with E-state index in [2.05, 4.69) is 5.32 Å². The zero-order chi connectivity index (χ0) is 15.1. The molecular formula is C15H20FNO4. The van der Waals surface area contributed by atoms with Crippen LogP contribution in [0.3, 0.4) is 0 Å². The van der Waals surface area contributed by atoms with Crippen LogP contribution in [0.25, 0.3) is 0 Å². The molecule has 0 spiro atoms. The Balaban J connectivity index is 1.93. The van der Waals surface area contributed by atoms with Crippen molar-refractivity contribution >= 4 is 5.91 Å². The van der Waals surface area contributed by atoms with Gasteiger partial charge in [-0.3, -0.25) is 4.79 Å². The van der Waals surface area contributed by atoms with Gasteiger partial charge in [0.2, 0.25) is 5.91 Å². The highest BCUT2D eigenvalue weighted by Crippen LogP contribution is 2.19. The maximum atomic E-state index is 13.2. The summed E-state index contributed by atoms with van der Waals surface area (Å²) in [6.45, 7) is 3.25. The molecule has 2 atom stereocenters. The molecule has 1 aromatic carbocycles. The van der Waals surface area contributed by atoms with E-state index in [9.17, 15) is 9.18 Å². The number of amides is 1. The lowest BCUT2D eigenvalue weighted by molar-refractivity contribution is -0.128. The number of nitrogens with one attached hydrogen (secondary N) is 1. The number of ether oxygens (including phenoxy) is 3. The first-order valence-electron chi connectivity index (χ1n) is 7.06. The van der Waals surface area contributed by atoms with Gasteiger partial charge in [0.25, 0.3) is 0 Å². The van der Waals surface area contributed by atoms with Crippen molar-refractivity contribution in [2.45, 2.75) is 25.5 Å². The Hall–Kier alpha value is -1.66. The highest BCUT2D eigenvalue weighted by Gasteiger charge is 2.29. The van der Waals surface area contributed by atoms with Gasteiger partial charge < -0.3 is 19.5 Å². The van der Waals surface area contributed by atoms with E-state index in [-0.39, 0.29) is 30.5 Å². The first-order chi connectivity index (χ1) is 10.2. The van der Waals surface area contributed by atoms with Crippen molar-refractivity contribution < 1.29 is 23.4 Å². The molecule has 1 fully saturated rings. The average molecular weight is 297 g/mol. The standard InChI is InChI=1S/C15H20FNO4/c1-2-19-10-15(18)17-13-9-20-7-6-14(13)21-12-5-3-4-11(16)8-12/h3-5,8,13-14H,2,6-7,9-10H2,1H3,(H,17,18)/t13-,14+/m1/s1. The third kappa shape index (κ3) is 4.99. The minimum absolute atomic E-state index is 0.0136. The van der Waals surface area contributed by atoms with Crippen molar-refractivity contribution in [2.75, 3.05) is 26.4 Å². The molecule has 5 nitrogen and oxygen atoms in total. The summed E-state index contributed by atoms with van der Waals surface area (Å²) in [5.74, 6) is -0.109. The van der Waals surface area contributed by atoms with Crippen molar-refractivity contribution in [1.29, 1.82) is 0 Å². The van der Waals surface area contributed by atoms with Crippen LogP contribution in [0.4, 0.5) is 4.39 Å². The molecule has 1 amide bonds. The summed E-state index contributed by atoms with van der Waals surface area (Å²) in [5.41, 5.74) is 0. The molecule has 1 aliphatic heterocycles. The molecule has 116 valence electrons. The molecule has 0 radical (unpaired) electrons. The van der Waals surface area contributed by atoms with Gasteiger partial charge in [-0.15, -0.1) is 0 Å². The summed E-state index contributed by atoms with van der Waals surface area (Å²) < 4.78 is 29.4. The summed E-state index contributed by atoms with van der Waals surface area (Å²) in [7, 11) is 0. The zero-order valence-electron chi connectivity index (χ0n) is 12.0. The third-order valence-corrected chi connectivity index (χ3v) is 3.16. The molecule has 0 aromatic heterocycles. The minimum Gasteiger partial charge on any atom is -0.488 e. The lowest BCUT2D eigenvalue weighted by atomic mass is 10.1. The van der Waals surface area contributed by atoms with E-state index in [0.29, 0.717) is 32.0 Å². The highest BCUT2D eigenvalue weighted by atomic mass is 19.1. The number of carbonyl (C=O) groups is 1. The topological polar surface area (TPSA) is 56.8 Å². The maximum absolute atomic E-state index is 13.2. The molecule has 0 bridgehead atoms. The second kappa shape index (κ2) is 7.95. The van der Waals surface area contributed by atoms with Crippen LogP contribution < -0.4 is 10.1 Å². The smallest absolute Gasteiger partial charge is 0.246 e. The Bertz CT molecular complexity index is 469. The fourth-order valence-corrected chi connectivity index (χ4v) is 2.15. The second-order valence-corrected chi connectivity index (χ2v) is 4.79. The molecular weight excluding hydrogens is 277 g/mol. The van der Waals surface area contributed by atoms with Gasteiger partial charge in [-0.2, -0.15) is 0 Å². The Labute approximate surface area is 123 Å². The second-order valence-electron chi connectivity index (χ2n) is 4.79. The summed E-state index contributed by atoms with van der Waals surface area (Å²) >= 11 is 0. The minimum atomic E-state index is -0.350. The van der Waals surface area contributed by atoms with Crippen LogP contribution in [0.1, 0.15) is 13.3 Å². The van der Waals surface area contributed by atoms with E-state index in [1.165, 1.54) is 12.1 Å². The lowest BCUT2D eigenvalue weighted by Gasteiger charge is -2.32. The lowest BCUT2D eigenvalue weighted by Crippen LogP contribution is -2.52. The number of halogens is 1. The van der Waals surface area contributed by atoms with Crippen LogP contribution >= 0.6 is 0 Å². The maximum Gasteiger partial charge on any atom is 0.246 e. The van der Waals surface area contributed by atoms with Gasteiger partial charge in [0.05, 0.1) is 19.3 Å². The summed E-state index contributed by atoms with van der Waals surface area (Å²) in [6, 6.07) is 5.70. The molecule has 1 saturated heterocycles. The predicted octanol–water partition coefficient (Wildman–Crippen LogP) is 1.51. The molecule has 0 aliphatic carbocycles. The number of benzene rings is 1. The Kier molecular flexibility index (Phi) is 5.95. The molecule has 2 rings (SSSR count). The van der Waals surface area contributed by atoms with Gasteiger partial charge in [-0.25, -0.2) is 4.39 Å². The largest absolute Gasteiger partial charge is 0.488 e. The molecule has 6 heteroatoms. The number of carbonyl (C=O) groups excluding carboxylic acids is 1. The van der Waals surface area contributed by atoms with Crippen molar-refractivity contribution in [3.63, 3.8) is 0 Å². The van der Waals surface area contributed by atoms with Gasteiger partial charge in [0.15, 0.2) is 0 Å². The zero-order valence-corrected chi connectivity index (χ0v) is 12.0. The Morgan fingerprint density at radius 3 is 3.14 bits per heavy atom. The van der Waals surface area contributed by atoms with Crippen LogP contribution in [0.15, 0.2) is 24.3 Å². The molecule has 1 heterocycles. The third-order valence-electron chi connectivity index (χ3n) is 3.16. The van der Waals surface area contributed by atoms with Crippen molar-refractivity contribution in [3.8, 4) is 5.75 Å². The van der Waals surface area contributed by atoms with Crippen LogP contribution in [-0.4, -0.2) is 44.5 Å². The van der Waals surface area contributed by atoms with Gasteiger partial charge in [0, 0.05) is 19.1 Å². The van der Waals surface area contributed by atoms with E-state index in [1.807, 2.05) is 6.92 Å². The predicted molar refractivity (Wildman–Crippen MR) is 74.7 cm³/mol. The quantitative estimate of drug-likeness (QED) is 0.865. The summed E-state index contributed by atoms with van der Waals surface area (Å²) in [5, 5.41) is 2.83. The van der Waals surface area contributed by atoms with Gasteiger partial charge in [0.1, 0.15) is 24.3 Å². The van der Waals surface area contributed by atoms with E-state index in [1.54, 1.807) is 12.1 Å². The van der Waals surface area contributed by atoms with Crippen molar-refractivity contribution in [2.24, 2.45) is 0 Å². The molecule has 1 aromatic rings. The summed E-state index contributed by atoms with van der Waals surface area (Å²) in [4.78, 5) is 11.7. The molecule has 0 saturated carbocycles. The first kappa shape index (κ1) is 15.7. The molecule has 1 aliphatic rings. The Morgan fingerprint density at radius 2 is 2.38 bits per heavy atom. The van der Waals surface area contributed by atoms with Crippen LogP contribution in [-0.2, 0) is 14.3 Å². The first-order valence-corrected chi connectivity index (χ1v) is 7.06. The number of hydrogen-bond acceptors (Lipinski definition) is 4. The normalized spacial score (nSPS) is 21.8. The van der Waals surface area contributed by atoms with Gasteiger partial charge in [-0.1, -0.05) is 6.07 Å². The fraction of sp³-hybridized carbons (Fsp3) is 0.533. The van der Waals surface area contributed by atoms with E-state index < -0.39 is 0 Å². The van der Waals surface area contributed by atoms with Crippen molar-refractivity contribution in [1.82, 2.24) is 5.32 Å². The van der Waals surface area contributed by atoms with Crippen LogP contribution in [0.5, 0.6) is 5.75 Å². The number of rotatable bonds is 6. The van der Waals surface area contributed by atoms with E-state index in [0.717, 1.165) is 0 Å². The van der Waals surface area contributed by atoms with E-state index in [4.69, 9.17) is 14.2 Å². The summed E-state index contributed by atoms with van der Waals surface area (Å²) in [6.07, 6.45) is 0.391. The van der Waals surface area contributed by atoms with Gasteiger partial charge >= 0.3 is 0 Å². The fourth-order valence-electron chi connectivity index (χ4n) is 2.15. The molecule has 21 heavy (non-hydrogen) atoms. The number of hydrogen-bond donors (Lipinski definition) is 1. The average Bonchev–Trinajstić information content (AvgIpc) is 2.47. The van der Waals surface area contributed by atoms with Gasteiger partial charge in [-0.05, 0) is 19.1 Å². The SMILES string of the molecule is CCOCC(=O)N[C@@H]1COCC[C@@H]1Oc1cccc(F)c1. The van der Waals surface area contributed by atoms with Crippen LogP contribution in [0.2, 0.25) is 0 Å². The van der Waals surface area contributed by atoms with E-state index >= 15 is 0 Å². The highest BCUT2D eigenvalue weighted by molar-refractivity contribution is 5.77. The monoisotopic (exact) mass is 297 g/mol. The van der Waals surface area contributed by atoms with Crippen LogP contribution in [0, 0.1) is 5.82 Å². The molecule has 1 N–H and O–H groups in total. The van der Waals surface area contributed by atoms with Crippen molar-refractivity contribution in [3.05, 3.63) is 30.1 Å². The Morgan fingerprint density at radius 1 is 1.52 bits per heavy atom.